The summed E-state index contributed by atoms with van der Waals surface area (Å²) in [6.45, 7) is 0. The molecular weight excluding hydrogens is 473 g/mol. The molecule has 9 heteroatoms. The highest BCUT2D eigenvalue weighted by Crippen LogP contribution is 2.42. The predicted octanol–water partition coefficient (Wildman–Crippen LogP) is 4.67. The third-order valence-corrected chi connectivity index (χ3v) is 6.89. The summed E-state index contributed by atoms with van der Waals surface area (Å²) in [4.78, 5) is 35.8. The minimum Gasteiger partial charge on any atom is -0.481 e. The Hall–Kier alpha value is -4.40. The maximum Gasteiger partial charge on any atom is 0.248 e. The van der Waals surface area contributed by atoms with Crippen molar-refractivity contribution in [2.75, 3.05) is 12.0 Å². The molecule has 2 aromatic carbocycles. The first-order valence-electron chi connectivity index (χ1n) is 12.2. The summed E-state index contributed by atoms with van der Waals surface area (Å²) in [5.74, 6) is -0.333. The summed E-state index contributed by atoms with van der Waals surface area (Å²) < 4.78 is 20.5. The van der Waals surface area contributed by atoms with Crippen LogP contribution < -0.4 is 9.64 Å². The standard InChI is InChI=1S/C28H24FN5O3/c1-37-25-13-18(10-11-30-25)27-20(15-31-28(36)17-2-3-17)14-26(35)33(27)23-8-9-24-19(12-23)16-32-34(24)22-6-4-21(29)5-7-22/h4-13,15-17,20,27H,2-3,14H2,1H3/b31-15+/t20?,27-/m1/s1. The van der Waals surface area contributed by atoms with Gasteiger partial charge in [0.1, 0.15) is 5.82 Å². The quantitative estimate of drug-likeness (QED) is 0.361. The van der Waals surface area contributed by atoms with Crippen LogP contribution >= 0.6 is 0 Å². The number of fused-ring (bicyclic) bond motifs is 1. The Kier molecular flexibility index (Phi) is 5.75. The van der Waals surface area contributed by atoms with Gasteiger partial charge in [0.15, 0.2) is 0 Å². The van der Waals surface area contributed by atoms with Gasteiger partial charge < -0.3 is 9.64 Å². The zero-order valence-electron chi connectivity index (χ0n) is 20.1. The summed E-state index contributed by atoms with van der Waals surface area (Å²) in [5.41, 5.74) is 3.12. The summed E-state index contributed by atoms with van der Waals surface area (Å²) in [5, 5.41) is 5.31. The fourth-order valence-electron chi connectivity index (χ4n) is 4.88. The Morgan fingerprint density at radius 3 is 2.65 bits per heavy atom. The topological polar surface area (TPSA) is 89.7 Å². The van der Waals surface area contributed by atoms with Crippen LogP contribution in [0.4, 0.5) is 10.1 Å². The van der Waals surface area contributed by atoms with Crippen LogP contribution in [0.15, 0.2) is 72.0 Å². The van der Waals surface area contributed by atoms with E-state index in [0.717, 1.165) is 35.0 Å². The number of benzene rings is 2. The number of rotatable bonds is 6. The van der Waals surface area contributed by atoms with Crippen molar-refractivity contribution in [1.29, 1.82) is 0 Å². The van der Waals surface area contributed by atoms with Crippen molar-refractivity contribution in [3.05, 3.63) is 78.4 Å². The van der Waals surface area contributed by atoms with Crippen molar-refractivity contribution in [2.24, 2.45) is 16.8 Å². The largest absolute Gasteiger partial charge is 0.481 e. The third-order valence-electron chi connectivity index (χ3n) is 6.89. The molecular formula is C28H24FN5O3. The number of methoxy groups -OCH3 is 1. The first-order valence-corrected chi connectivity index (χ1v) is 12.2. The minimum absolute atomic E-state index is 0.0176. The van der Waals surface area contributed by atoms with Gasteiger partial charge in [0, 0.05) is 47.8 Å². The van der Waals surface area contributed by atoms with Gasteiger partial charge in [0.25, 0.3) is 0 Å². The molecule has 37 heavy (non-hydrogen) atoms. The number of carbonyl (C=O) groups excluding carboxylic acids is 2. The molecule has 2 aliphatic rings. The van der Waals surface area contributed by atoms with E-state index in [9.17, 15) is 14.0 Å². The Labute approximate surface area is 212 Å². The maximum atomic E-state index is 13.4. The molecule has 1 saturated carbocycles. The van der Waals surface area contributed by atoms with Gasteiger partial charge in [-0.15, -0.1) is 0 Å². The van der Waals surface area contributed by atoms with Crippen LogP contribution in [0.5, 0.6) is 5.88 Å². The number of anilines is 1. The molecule has 1 saturated heterocycles. The maximum absolute atomic E-state index is 13.4. The van der Waals surface area contributed by atoms with E-state index in [1.807, 2.05) is 30.3 Å². The molecule has 0 spiro atoms. The Morgan fingerprint density at radius 2 is 1.89 bits per heavy atom. The number of ether oxygens (including phenoxy) is 1. The molecule has 0 bridgehead atoms. The molecule has 8 nitrogen and oxygen atoms in total. The number of hydrogen-bond acceptors (Lipinski definition) is 5. The average molecular weight is 498 g/mol. The number of nitrogens with zero attached hydrogens (tertiary/aromatic N) is 5. The lowest BCUT2D eigenvalue weighted by molar-refractivity contribution is -0.119. The number of aromatic nitrogens is 3. The lowest BCUT2D eigenvalue weighted by Gasteiger charge is -2.28. The van der Waals surface area contributed by atoms with Crippen LogP contribution in [-0.2, 0) is 9.59 Å². The van der Waals surface area contributed by atoms with E-state index in [1.54, 1.807) is 47.4 Å². The van der Waals surface area contributed by atoms with Crippen molar-refractivity contribution >= 4 is 34.6 Å². The highest BCUT2D eigenvalue weighted by Gasteiger charge is 2.41. The van der Waals surface area contributed by atoms with Crippen LogP contribution in [0.1, 0.15) is 30.9 Å². The first-order chi connectivity index (χ1) is 18.0. The zero-order chi connectivity index (χ0) is 25.5. The summed E-state index contributed by atoms with van der Waals surface area (Å²) in [7, 11) is 1.55. The molecule has 1 aliphatic heterocycles. The van der Waals surface area contributed by atoms with Crippen LogP contribution in [-0.4, -0.2) is 39.9 Å². The second kappa shape index (κ2) is 9.24. The molecule has 2 fully saturated rings. The fourth-order valence-corrected chi connectivity index (χ4v) is 4.88. The highest BCUT2D eigenvalue weighted by atomic mass is 19.1. The predicted molar refractivity (Wildman–Crippen MR) is 136 cm³/mol. The van der Waals surface area contributed by atoms with Crippen molar-refractivity contribution in [3.8, 4) is 11.6 Å². The molecule has 3 heterocycles. The van der Waals surface area contributed by atoms with Gasteiger partial charge in [0.05, 0.1) is 30.6 Å². The summed E-state index contributed by atoms with van der Waals surface area (Å²) in [6.07, 6.45) is 6.99. The number of amides is 2. The van der Waals surface area contributed by atoms with Gasteiger partial charge in [-0.1, -0.05) is 0 Å². The van der Waals surface area contributed by atoms with Gasteiger partial charge in [-0.2, -0.15) is 5.10 Å². The molecule has 2 amide bonds. The van der Waals surface area contributed by atoms with E-state index in [-0.39, 0.29) is 41.9 Å². The normalized spacial score (nSPS) is 19.7. The number of pyridine rings is 1. The number of aliphatic imine (C=N–C) groups is 1. The van der Waals surface area contributed by atoms with E-state index in [4.69, 9.17) is 4.74 Å². The van der Waals surface area contributed by atoms with Crippen LogP contribution in [0, 0.1) is 17.7 Å². The fraction of sp³-hybridized carbons (Fsp3) is 0.250. The second-order valence-corrected chi connectivity index (χ2v) is 9.37. The Morgan fingerprint density at radius 1 is 1.11 bits per heavy atom. The zero-order valence-corrected chi connectivity index (χ0v) is 20.1. The van der Waals surface area contributed by atoms with Gasteiger partial charge in [-0.25, -0.2) is 19.0 Å². The molecule has 1 aliphatic carbocycles. The summed E-state index contributed by atoms with van der Waals surface area (Å²) >= 11 is 0. The first kappa shape index (κ1) is 23.0. The molecule has 2 aromatic heterocycles. The van der Waals surface area contributed by atoms with E-state index in [0.29, 0.717) is 11.6 Å². The molecule has 4 aromatic rings. The molecule has 0 N–H and O–H groups in total. The van der Waals surface area contributed by atoms with Gasteiger partial charge >= 0.3 is 0 Å². The monoisotopic (exact) mass is 497 g/mol. The van der Waals surface area contributed by atoms with Crippen molar-refractivity contribution < 1.29 is 18.7 Å². The van der Waals surface area contributed by atoms with E-state index in [2.05, 4.69) is 15.1 Å². The van der Waals surface area contributed by atoms with Crippen LogP contribution in [0.25, 0.3) is 16.6 Å². The van der Waals surface area contributed by atoms with E-state index in [1.165, 1.54) is 12.1 Å². The second-order valence-electron chi connectivity index (χ2n) is 9.37. The summed E-state index contributed by atoms with van der Waals surface area (Å²) in [6, 6.07) is 15.1. The molecule has 6 rings (SSSR count). The number of carbonyl (C=O) groups is 2. The van der Waals surface area contributed by atoms with Crippen LogP contribution in [0.3, 0.4) is 0 Å². The minimum atomic E-state index is -0.384. The number of halogens is 1. The number of hydrogen-bond donors (Lipinski definition) is 0. The lowest BCUT2D eigenvalue weighted by Crippen LogP contribution is -2.29. The van der Waals surface area contributed by atoms with E-state index < -0.39 is 0 Å². The molecule has 186 valence electrons. The SMILES string of the molecule is COc1cc([C@@H]2C(/C=N/C(=O)C3CC3)CC(=O)N2c2ccc3c(cnn3-c3ccc(F)cc3)c2)ccn1. The van der Waals surface area contributed by atoms with Crippen molar-refractivity contribution in [3.63, 3.8) is 0 Å². The Bertz CT molecular complexity index is 1530. The van der Waals surface area contributed by atoms with Crippen LogP contribution in [0.2, 0.25) is 0 Å². The Balaban J connectivity index is 1.39. The van der Waals surface area contributed by atoms with Gasteiger partial charge in [-0.3, -0.25) is 9.59 Å². The lowest BCUT2D eigenvalue weighted by atomic mass is 9.95. The molecule has 0 radical (unpaired) electrons. The molecule has 1 unspecified atom stereocenters. The highest BCUT2D eigenvalue weighted by molar-refractivity contribution is 6.02. The van der Waals surface area contributed by atoms with Crippen molar-refractivity contribution in [2.45, 2.75) is 25.3 Å². The van der Waals surface area contributed by atoms with Gasteiger partial charge in [0.2, 0.25) is 17.7 Å². The smallest absolute Gasteiger partial charge is 0.248 e. The average Bonchev–Trinajstić information content (AvgIpc) is 3.61. The van der Waals surface area contributed by atoms with Crippen molar-refractivity contribution in [1.82, 2.24) is 14.8 Å². The molecule has 2 atom stereocenters. The third kappa shape index (κ3) is 4.37. The van der Waals surface area contributed by atoms with Gasteiger partial charge in [-0.05, 0) is 66.9 Å². The van der Waals surface area contributed by atoms with E-state index >= 15 is 0 Å².